The van der Waals surface area contributed by atoms with Gasteiger partial charge in [0.25, 0.3) is 0 Å². The first-order valence-corrected chi connectivity index (χ1v) is 8.50. The molecule has 0 aromatic rings. The lowest BCUT2D eigenvalue weighted by Gasteiger charge is -2.28. The molecule has 0 saturated carbocycles. The highest BCUT2D eigenvalue weighted by atomic mass is 127. The SMILES string of the molecule is CC1=NC(I)C(C)=C2CC(NS(=O)(=O)C(F)(F)F)CN12. The van der Waals surface area contributed by atoms with Crippen LogP contribution >= 0.6 is 22.6 Å². The minimum atomic E-state index is -5.31. The van der Waals surface area contributed by atoms with Gasteiger partial charge in [0.2, 0.25) is 0 Å². The molecule has 0 aromatic heterocycles. The maximum Gasteiger partial charge on any atom is 0.511 e. The summed E-state index contributed by atoms with van der Waals surface area (Å²) in [5.74, 6) is 0.693. The minimum absolute atomic E-state index is 0.0585. The van der Waals surface area contributed by atoms with Gasteiger partial charge in [-0.1, -0.05) is 22.6 Å². The third-order valence-corrected chi connectivity index (χ3v) is 5.76. The second kappa shape index (κ2) is 5.13. The van der Waals surface area contributed by atoms with Crippen LogP contribution in [0.4, 0.5) is 13.2 Å². The number of nitrogens with zero attached hydrogens (tertiary/aromatic N) is 2. The van der Waals surface area contributed by atoms with Gasteiger partial charge in [-0.3, -0.25) is 4.99 Å². The average Bonchev–Trinajstić information content (AvgIpc) is 2.68. The van der Waals surface area contributed by atoms with E-state index in [4.69, 9.17) is 0 Å². The third-order valence-electron chi connectivity index (χ3n) is 3.30. The predicted molar refractivity (Wildman–Crippen MR) is 76.8 cm³/mol. The number of hydrogen-bond acceptors (Lipinski definition) is 4. The summed E-state index contributed by atoms with van der Waals surface area (Å²) in [5.41, 5.74) is -3.48. The molecule has 2 rings (SSSR count). The summed E-state index contributed by atoms with van der Waals surface area (Å²) in [6.07, 6.45) is 0.244. The molecule has 2 aliphatic heterocycles. The van der Waals surface area contributed by atoms with E-state index in [0.29, 0.717) is 5.84 Å². The molecule has 0 radical (unpaired) electrons. The number of alkyl halides is 4. The Hall–Kier alpha value is -0.360. The zero-order valence-corrected chi connectivity index (χ0v) is 13.7. The van der Waals surface area contributed by atoms with Gasteiger partial charge in [0.05, 0.1) is 0 Å². The predicted octanol–water partition coefficient (Wildman–Crippen LogP) is 1.97. The number of hydrogen-bond donors (Lipinski definition) is 1. The van der Waals surface area contributed by atoms with Crippen LogP contribution in [0.1, 0.15) is 20.3 Å². The summed E-state index contributed by atoms with van der Waals surface area (Å²) in [4.78, 5) is 6.13. The van der Waals surface area contributed by atoms with Crippen molar-refractivity contribution in [2.45, 2.75) is 35.9 Å². The van der Waals surface area contributed by atoms with Gasteiger partial charge >= 0.3 is 15.5 Å². The normalized spacial score (nSPS) is 27.7. The summed E-state index contributed by atoms with van der Waals surface area (Å²) in [6.45, 7) is 3.79. The molecule has 0 bridgehead atoms. The number of nitrogens with one attached hydrogen (secondary N) is 1. The van der Waals surface area contributed by atoms with Gasteiger partial charge in [0, 0.05) is 24.7 Å². The molecular formula is C10H13F3IN3O2S. The maximum atomic E-state index is 12.4. The molecule has 1 fully saturated rings. The Labute approximate surface area is 128 Å². The van der Waals surface area contributed by atoms with E-state index < -0.39 is 21.6 Å². The lowest BCUT2D eigenvalue weighted by molar-refractivity contribution is -0.0450. The van der Waals surface area contributed by atoms with Crippen LogP contribution in [0.3, 0.4) is 0 Å². The molecule has 2 unspecified atom stereocenters. The highest BCUT2D eigenvalue weighted by Gasteiger charge is 2.48. The smallest absolute Gasteiger partial charge is 0.332 e. The maximum absolute atomic E-state index is 12.4. The molecule has 5 nitrogen and oxygen atoms in total. The van der Waals surface area contributed by atoms with E-state index in [2.05, 4.69) is 27.6 Å². The molecule has 1 N–H and O–H groups in total. The molecule has 0 aromatic carbocycles. The molecule has 0 aliphatic carbocycles. The first kappa shape index (κ1) is 16.0. The van der Waals surface area contributed by atoms with Crippen molar-refractivity contribution in [1.82, 2.24) is 9.62 Å². The molecule has 20 heavy (non-hydrogen) atoms. The van der Waals surface area contributed by atoms with Crippen molar-refractivity contribution in [3.05, 3.63) is 11.3 Å². The van der Waals surface area contributed by atoms with Gasteiger partial charge in [0.1, 0.15) is 9.88 Å². The van der Waals surface area contributed by atoms with E-state index >= 15 is 0 Å². The van der Waals surface area contributed by atoms with E-state index in [1.807, 2.05) is 6.92 Å². The van der Waals surface area contributed by atoms with Crippen molar-refractivity contribution in [2.24, 2.45) is 4.99 Å². The van der Waals surface area contributed by atoms with Gasteiger partial charge in [-0.15, -0.1) is 0 Å². The van der Waals surface area contributed by atoms with Crippen molar-refractivity contribution < 1.29 is 21.6 Å². The Morgan fingerprint density at radius 3 is 2.55 bits per heavy atom. The van der Waals surface area contributed by atoms with Gasteiger partial charge in [-0.25, -0.2) is 13.1 Å². The first-order valence-electron chi connectivity index (χ1n) is 5.77. The highest BCUT2D eigenvalue weighted by molar-refractivity contribution is 14.1. The molecule has 114 valence electrons. The molecule has 10 heteroatoms. The van der Waals surface area contributed by atoms with Crippen LogP contribution in [0.2, 0.25) is 0 Å². The number of halogens is 4. The fourth-order valence-electron chi connectivity index (χ4n) is 2.27. The fourth-order valence-corrected chi connectivity index (χ4v) is 3.77. The van der Waals surface area contributed by atoms with E-state index in [-0.39, 0.29) is 17.0 Å². The zero-order chi connectivity index (χ0) is 15.3. The van der Waals surface area contributed by atoms with Crippen molar-refractivity contribution in [3.63, 3.8) is 0 Å². The summed E-state index contributed by atoms with van der Waals surface area (Å²) >= 11 is 2.13. The second-order valence-corrected chi connectivity index (χ2v) is 7.61. The van der Waals surface area contributed by atoms with E-state index in [1.165, 1.54) is 0 Å². The monoisotopic (exact) mass is 423 g/mol. The minimum Gasteiger partial charge on any atom is -0.332 e. The second-order valence-electron chi connectivity index (χ2n) is 4.72. The van der Waals surface area contributed by atoms with Crippen molar-refractivity contribution in [1.29, 1.82) is 0 Å². The Kier molecular flexibility index (Phi) is 4.11. The van der Waals surface area contributed by atoms with E-state index in [1.54, 1.807) is 16.5 Å². The topological polar surface area (TPSA) is 61.8 Å². The molecule has 2 heterocycles. The van der Waals surface area contributed by atoms with Crippen molar-refractivity contribution >= 4 is 38.4 Å². The number of fused-ring (bicyclic) bond motifs is 1. The summed E-state index contributed by atoms with van der Waals surface area (Å²) < 4.78 is 61.1. The Morgan fingerprint density at radius 1 is 1.40 bits per heavy atom. The molecular weight excluding hydrogens is 410 g/mol. The van der Waals surface area contributed by atoms with Crippen LogP contribution in [-0.4, -0.2) is 41.3 Å². The van der Waals surface area contributed by atoms with Crippen LogP contribution in [0.15, 0.2) is 16.3 Å². The fraction of sp³-hybridized carbons (Fsp3) is 0.700. The lowest BCUT2D eigenvalue weighted by atomic mass is 10.1. The molecule has 0 spiro atoms. The molecule has 1 saturated heterocycles. The average molecular weight is 423 g/mol. The highest BCUT2D eigenvalue weighted by Crippen LogP contribution is 2.34. The van der Waals surface area contributed by atoms with E-state index in [0.717, 1.165) is 11.3 Å². The Balaban J connectivity index is 2.20. The largest absolute Gasteiger partial charge is 0.511 e. The molecule has 2 aliphatic rings. The summed E-state index contributed by atoms with van der Waals surface area (Å²) in [7, 11) is -5.31. The number of amidine groups is 1. The van der Waals surface area contributed by atoms with Crippen LogP contribution < -0.4 is 4.72 Å². The van der Waals surface area contributed by atoms with Crippen molar-refractivity contribution in [2.75, 3.05) is 6.54 Å². The van der Waals surface area contributed by atoms with Gasteiger partial charge < -0.3 is 4.90 Å². The number of rotatable bonds is 2. The molecule has 2 atom stereocenters. The zero-order valence-electron chi connectivity index (χ0n) is 10.7. The molecule has 0 amide bonds. The number of sulfonamides is 1. The van der Waals surface area contributed by atoms with Crippen molar-refractivity contribution in [3.8, 4) is 0 Å². The van der Waals surface area contributed by atoms with Crippen LogP contribution in [0.25, 0.3) is 0 Å². The van der Waals surface area contributed by atoms with Crippen LogP contribution in [-0.2, 0) is 10.0 Å². The van der Waals surface area contributed by atoms with Gasteiger partial charge in [-0.05, 0) is 19.4 Å². The van der Waals surface area contributed by atoms with Gasteiger partial charge in [-0.2, -0.15) is 13.2 Å². The van der Waals surface area contributed by atoms with Crippen LogP contribution in [0, 0.1) is 0 Å². The van der Waals surface area contributed by atoms with Crippen LogP contribution in [0.5, 0.6) is 0 Å². The summed E-state index contributed by atoms with van der Waals surface area (Å²) in [6, 6.07) is -0.793. The standard InChI is InChI=1S/C10H13F3IN3O2S/c1-5-8-3-7(16-20(18,19)10(11,12)13)4-17(8)6(2)15-9(5)14/h7,9,16H,3-4H2,1-2H3. The Morgan fingerprint density at radius 2 is 2.00 bits per heavy atom. The summed E-state index contributed by atoms with van der Waals surface area (Å²) in [5, 5.41) is 0. The first-order chi connectivity index (χ1) is 9.03. The lowest BCUT2D eigenvalue weighted by Crippen LogP contribution is -2.44. The third kappa shape index (κ3) is 2.82. The number of aliphatic imine (C=N–C) groups is 1. The quantitative estimate of drug-likeness (QED) is 0.420. The Bertz CT molecular complexity index is 585. The van der Waals surface area contributed by atoms with E-state index in [9.17, 15) is 21.6 Å². The van der Waals surface area contributed by atoms with Gasteiger partial charge in [0.15, 0.2) is 0 Å².